The van der Waals surface area contributed by atoms with Crippen LogP contribution in [0.2, 0.25) is 10.0 Å². The lowest BCUT2D eigenvalue weighted by molar-refractivity contribution is -0.126. The molecule has 1 aliphatic heterocycles. The monoisotopic (exact) mass is 470 g/mol. The van der Waals surface area contributed by atoms with Crippen LogP contribution in [0.5, 0.6) is 5.75 Å². The average molecular weight is 471 g/mol. The SMILES string of the molecule is Cc1ccc(OCCNC(=O)[C@@H]2CCCN(S(=O)(=O)c3ccc(Cl)cc3)C2)cc1Cl. The Morgan fingerprint density at radius 1 is 1.20 bits per heavy atom. The molecule has 9 heteroatoms. The van der Waals surface area contributed by atoms with Crippen LogP contribution in [0.1, 0.15) is 18.4 Å². The maximum Gasteiger partial charge on any atom is 0.243 e. The van der Waals surface area contributed by atoms with Gasteiger partial charge in [-0.2, -0.15) is 4.31 Å². The number of benzene rings is 2. The first kappa shape index (κ1) is 22.9. The number of carbonyl (C=O) groups is 1. The number of hydrogen-bond acceptors (Lipinski definition) is 4. The molecule has 6 nitrogen and oxygen atoms in total. The highest BCUT2D eigenvalue weighted by atomic mass is 35.5. The molecule has 1 saturated heterocycles. The van der Waals surface area contributed by atoms with Crippen LogP contribution in [0, 0.1) is 12.8 Å². The molecular formula is C21H24Cl2N2O4S. The summed E-state index contributed by atoms with van der Waals surface area (Å²) in [5, 5.41) is 3.93. The van der Waals surface area contributed by atoms with E-state index in [2.05, 4.69) is 5.32 Å². The van der Waals surface area contributed by atoms with Gasteiger partial charge in [-0.05, 0) is 61.7 Å². The summed E-state index contributed by atoms with van der Waals surface area (Å²) in [6.45, 7) is 3.08. The van der Waals surface area contributed by atoms with Gasteiger partial charge in [0.25, 0.3) is 0 Å². The van der Waals surface area contributed by atoms with Crippen LogP contribution < -0.4 is 10.1 Å². The molecule has 1 aliphatic rings. The molecule has 0 radical (unpaired) electrons. The summed E-state index contributed by atoms with van der Waals surface area (Å²) >= 11 is 11.9. The number of nitrogens with one attached hydrogen (secondary N) is 1. The second kappa shape index (κ2) is 10.0. The van der Waals surface area contributed by atoms with Gasteiger partial charge in [-0.15, -0.1) is 0 Å². The summed E-state index contributed by atoms with van der Waals surface area (Å²) < 4.78 is 32.7. The van der Waals surface area contributed by atoms with Crippen molar-refractivity contribution < 1.29 is 17.9 Å². The molecule has 0 aromatic heterocycles. The molecule has 30 heavy (non-hydrogen) atoms. The summed E-state index contributed by atoms with van der Waals surface area (Å²) in [4.78, 5) is 12.7. The molecule has 0 aliphatic carbocycles. The molecular weight excluding hydrogens is 447 g/mol. The van der Waals surface area contributed by atoms with E-state index in [9.17, 15) is 13.2 Å². The quantitative estimate of drug-likeness (QED) is 0.622. The molecule has 3 rings (SSSR count). The van der Waals surface area contributed by atoms with Crippen LogP contribution in [-0.4, -0.2) is 44.9 Å². The second-order valence-electron chi connectivity index (χ2n) is 7.21. The largest absolute Gasteiger partial charge is 0.492 e. The molecule has 0 bridgehead atoms. The first-order valence-corrected chi connectivity index (χ1v) is 11.9. The number of carbonyl (C=O) groups excluding carboxylic acids is 1. The van der Waals surface area contributed by atoms with Gasteiger partial charge in [-0.25, -0.2) is 8.42 Å². The minimum absolute atomic E-state index is 0.158. The van der Waals surface area contributed by atoms with E-state index in [1.165, 1.54) is 16.4 Å². The number of aryl methyl sites for hydroxylation is 1. The van der Waals surface area contributed by atoms with Gasteiger partial charge in [0.05, 0.1) is 17.4 Å². The van der Waals surface area contributed by atoms with E-state index in [0.717, 1.165) is 5.56 Å². The molecule has 2 aromatic carbocycles. The van der Waals surface area contributed by atoms with Crippen LogP contribution in [-0.2, 0) is 14.8 Å². The number of sulfonamides is 1. The van der Waals surface area contributed by atoms with Crippen molar-refractivity contribution in [1.82, 2.24) is 9.62 Å². The molecule has 0 saturated carbocycles. The summed E-state index contributed by atoms with van der Waals surface area (Å²) in [5.41, 5.74) is 0.965. The predicted octanol–water partition coefficient (Wildman–Crippen LogP) is 3.90. The van der Waals surface area contributed by atoms with Crippen LogP contribution in [0.25, 0.3) is 0 Å². The van der Waals surface area contributed by atoms with Crippen molar-refractivity contribution >= 4 is 39.1 Å². The van der Waals surface area contributed by atoms with E-state index in [-0.39, 0.29) is 17.3 Å². The third-order valence-electron chi connectivity index (χ3n) is 5.02. The lowest BCUT2D eigenvalue weighted by Gasteiger charge is -2.31. The average Bonchev–Trinajstić information content (AvgIpc) is 2.74. The van der Waals surface area contributed by atoms with Crippen LogP contribution in [0.4, 0.5) is 0 Å². The maximum absolute atomic E-state index is 12.9. The number of piperidine rings is 1. The van der Waals surface area contributed by atoms with E-state index in [4.69, 9.17) is 27.9 Å². The Morgan fingerprint density at radius 2 is 1.93 bits per heavy atom. The smallest absolute Gasteiger partial charge is 0.243 e. The minimum atomic E-state index is -3.66. The Kier molecular flexibility index (Phi) is 7.63. The fraction of sp³-hybridized carbons (Fsp3) is 0.381. The van der Waals surface area contributed by atoms with Gasteiger partial charge in [0.1, 0.15) is 12.4 Å². The molecule has 1 amide bonds. The number of rotatable bonds is 7. The Hall–Kier alpha value is -1.80. The van der Waals surface area contributed by atoms with Crippen molar-refractivity contribution in [3.63, 3.8) is 0 Å². The van der Waals surface area contributed by atoms with Crippen molar-refractivity contribution in [3.05, 3.63) is 58.1 Å². The predicted molar refractivity (Wildman–Crippen MR) is 118 cm³/mol. The zero-order chi connectivity index (χ0) is 21.7. The Balaban J connectivity index is 1.51. The topological polar surface area (TPSA) is 75.7 Å². The minimum Gasteiger partial charge on any atom is -0.492 e. The summed E-state index contributed by atoms with van der Waals surface area (Å²) in [7, 11) is -3.66. The van der Waals surface area contributed by atoms with Gasteiger partial charge in [-0.1, -0.05) is 29.3 Å². The fourth-order valence-corrected chi connectivity index (χ4v) is 5.10. The molecule has 1 fully saturated rings. The van der Waals surface area contributed by atoms with Crippen molar-refractivity contribution in [3.8, 4) is 5.75 Å². The van der Waals surface area contributed by atoms with Crippen LogP contribution in [0.3, 0.4) is 0 Å². The Bertz CT molecular complexity index is 997. The second-order valence-corrected chi connectivity index (χ2v) is 9.99. The summed E-state index contributed by atoms with van der Waals surface area (Å²) in [6, 6.07) is 11.5. The Morgan fingerprint density at radius 3 is 2.63 bits per heavy atom. The molecule has 0 spiro atoms. The normalized spacial score (nSPS) is 17.5. The molecule has 162 valence electrons. The molecule has 1 heterocycles. The van der Waals surface area contributed by atoms with Crippen molar-refractivity contribution in [2.45, 2.75) is 24.7 Å². The van der Waals surface area contributed by atoms with Gasteiger partial charge in [-0.3, -0.25) is 4.79 Å². The molecule has 1 N–H and O–H groups in total. The van der Waals surface area contributed by atoms with E-state index in [1.54, 1.807) is 18.2 Å². The lowest BCUT2D eigenvalue weighted by atomic mass is 9.99. The van der Waals surface area contributed by atoms with E-state index >= 15 is 0 Å². The van der Waals surface area contributed by atoms with Gasteiger partial charge in [0.2, 0.25) is 15.9 Å². The number of amides is 1. The zero-order valence-corrected chi connectivity index (χ0v) is 18.9. The van der Waals surface area contributed by atoms with Crippen LogP contribution in [0.15, 0.2) is 47.4 Å². The van der Waals surface area contributed by atoms with Crippen molar-refractivity contribution in [2.24, 2.45) is 5.92 Å². The third-order valence-corrected chi connectivity index (χ3v) is 7.56. The van der Waals surface area contributed by atoms with Gasteiger partial charge >= 0.3 is 0 Å². The van der Waals surface area contributed by atoms with Crippen molar-refractivity contribution in [1.29, 1.82) is 0 Å². The first-order chi connectivity index (χ1) is 14.3. The third kappa shape index (κ3) is 5.66. The summed E-state index contributed by atoms with van der Waals surface area (Å²) in [5.74, 6) is 0.0731. The number of hydrogen-bond donors (Lipinski definition) is 1. The number of halogens is 2. The highest BCUT2D eigenvalue weighted by molar-refractivity contribution is 7.89. The van der Waals surface area contributed by atoms with Gasteiger partial charge in [0, 0.05) is 23.1 Å². The number of nitrogens with zero attached hydrogens (tertiary/aromatic N) is 1. The van der Waals surface area contributed by atoms with Crippen LogP contribution >= 0.6 is 23.2 Å². The van der Waals surface area contributed by atoms with Gasteiger partial charge < -0.3 is 10.1 Å². The fourth-order valence-electron chi connectivity index (χ4n) is 3.28. The first-order valence-electron chi connectivity index (χ1n) is 9.70. The highest BCUT2D eigenvalue weighted by Crippen LogP contribution is 2.25. The van der Waals surface area contributed by atoms with E-state index < -0.39 is 15.9 Å². The maximum atomic E-state index is 12.9. The van der Waals surface area contributed by atoms with E-state index in [1.807, 2.05) is 19.1 Å². The Labute approximate surface area is 187 Å². The van der Waals surface area contributed by atoms with E-state index in [0.29, 0.717) is 48.3 Å². The van der Waals surface area contributed by atoms with Crippen molar-refractivity contribution in [2.75, 3.05) is 26.2 Å². The summed E-state index contributed by atoms with van der Waals surface area (Å²) in [6.07, 6.45) is 1.27. The number of ether oxygens (including phenoxy) is 1. The zero-order valence-electron chi connectivity index (χ0n) is 16.6. The molecule has 1 atom stereocenters. The molecule has 2 aromatic rings. The molecule has 0 unspecified atom stereocenters. The van der Waals surface area contributed by atoms with Gasteiger partial charge in [0.15, 0.2) is 0 Å². The highest BCUT2D eigenvalue weighted by Gasteiger charge is 2.33. The standard InChI is InChI=1S/C21H24Cl2N2O4S/c1-15-4-7-18(13-20(15)23)29-12-10-24-21(26)16-3-2-11-25(14-16)30(27,28)19-8-5-17(22)6-9-19/h4-9,13,16H,2-3,10-12,14H2,1H3,(H,24,26)/t16-/m1/s1. The lowest BCUT2D eigenvalue weighted by Crippen LogP contribution is -2.45.